The maximum absolute atomic E-state index is 3.79. The lowest BCUT2D eigenvalue weighted by molar-refractivity contribution is 0.316. The van der Waals surface area contributed by atoms with E-state index in [2.05, 4.69) is 41.1 Å². The zero-order valence-corrected chi connectivity index (χ0v) is 9.08. The van der Waals surface area contributed by atoms with Crippen molar-refractivity contribution in [1.29, 1.82) is 0 Å². The van der Waals surface area contributed by atoms with Crippen LogP contribution in [-0.4, -0.2) is 31.1 Å². The van der Waals surface area contributed by atoms with Gasteiger partial charge in [-0.25, -0.2) is 0 Å². The van der Waals surface area contributed by atoms with Crippen molar-refractivity contribution in [3.05, 3.63) is 42.5 Å². The molecule has 0 unspecified atom stereocenters. The van der Waals surface area contributed by atoms with Crippen molar-refractivity contribution < 1.29 is 0 Å². The van der Waals surface area contributed by atoms with Gasteiger partial charge in [0, 0.05) is 31.9 Å². The number of nitrogens with one attached hydrogen (secondary N) is 1. The van der Waals surface area contributed by atoms with E-state index >= 15 is 0 Å². The molecule has 0 aromatic heterocycles. The molecule has 0 saturated carbocycles. The molecule has 80 valence electrons. The Hall–Kier alpha value is -1.28. The Morgan fingerprint density at radius 1 is 1.33 bits per heavy atom. The molecule has 0 saturated heterocycles. The van der Waals surface area contributed by atoms with Gasteiger partial charge in [0.15, 0.2) is 0 Å². The van der Waals surface area contributed by atoms with E-state index in [0.717, 1.165) is 32.6 Å². The fourth-order valence-electron chi connectivity index (χ4n) is 2.01. The molecule has 0 fully saturated rings. The van der Waals surface area contributed by atoms with E-state index < -0.39 is 0 Å². The van der Waals surface area contributed by atoms with Crippen molar-refractivity contribution in [2.75, 3.05) is 31.5 Å². The van der Waals surface area contributed by atoms with E-state index in [-0.39, 0.29) is 0 Å². The summed E-state index contributed by atoms with van der Waals surface area (Å²) in [4.78, 5) is 2.43. The molecule has 1 aliphatic rings. The first kappa shape index (κ1) is 10.2. The van der Waals surface area contributed by atoms with Crippen LogP contribution >= 0.6 is 0 Å². The van der Waals surface area contributed by atoms with Crippen molar-refractivity contribution in [3.8, 4) is 0 Å². The molecule has 0 radical (unpaired) electrons. The molecule has 0 bridgehead atoms. The second-order valence-electron chi connectivity index (χ2n) is 3.92. The highest BCUT2D eigenvalue weighted by molar-refractivity contribution is 5.51. The third-order valence-electron chi connectivity index (χ3n) is 2.85. The van der Waals surface area contributed by atoms with Crippen LogP contribution in [0.25, 0.3) is 0 Å². The number of hydrogen-bond donors (Lipinski definition) is 1. The molecule has 0 atom stereocenters. The lowest BCUT2D eigenvalue weighted by Gasteiger charge is -2.25. The summed E-state index contributed by atoms with van der Waals surface area (Å²) in [6.07, 6.45) is 3.10. The van der Waals surface area contributed by atoms with E-state index in [1.165, 1.54) is 11.3 Å². The summed E-state index contributed by atoms with van der Waals surface area (Å²) in [6, 6.07) is 8.58. The van der Waals surface area contributed by atoms with E-state index in [9.17, 15) is 0 Å². The zero-order valence-electron chi connectivity index (χ0n) is 9.08. The van der Waals surface area contributed by atoms with E-state index in [4.69, 9.17) is 0 Å². The van der Waals surface area contributed by atoms with Crippen LogP contribution in [0.2, 0.25) is 0 Å². The number of fused-ring (bicyclic) bond motifs is 1. The summed E-state index contributed by atoms with van der Waals surface area (Å²) < 4.78 is 0. The van der Waals surface area contributed by atoms with Gasteiger partial charge >= 0.3 is 0 Å². The molecule has 2 heteroatoms. The normalized spacial score (nSPS) is 17.1. The fraction of sp³-hybridized carbons (Fsp3) is 0.385. The number of para-hydroxylation sites is 1. The van der Waals surface area contributed by atoms with Crippen LogP contribution in [0.5, 0.6) is 0 Å². The smallest absolute Gasteiger partial charge is 0.0373 e. The number of hydrogen-bond acceptors (Lipinski definition) is 2. The highest BCUT2D eigenvalue weighted by atomic mass is 15.1. The van der Waals surface area contributed by atoms with Crippen LogP contribution in [-0.2, 0) is 6.42 Å². The summed E-state index contributed by atoms with van der Waals surface area (Å²) >= 11 is 0. The third kappa shape index (κ3) is 2.60. The van der Waals surface area contributed by atoms with Crippen molar-refractivity contribution in [2.45, 2.75) is 6.42 Å². The first-order valence-electron chi connectivity index (χ1n) is 5.55. The number of benzene rings is 1. The van der Waals surface area contributed by atoms with Crippen LogP contribution in [0, 0.1) is 0 Å². The molecular weight excluding hydrogens is 184 g/mol. The number of anilines is 1. The fourth-order valence-corrected chi connectivity index (χ4v) is 2.01. The maximum Gasteiger partial charge on any atom is 0.0373 e. The molecule has 1 aromatic rings. The second kappa shape index (κ2) is 4.99. The molecule has 1 aromatic carbocycles. The highest BCUT2D eigenvalue weighted by Crippen LogP contribution is 2.17. The van der Waals surface area contributed by atoms with E-state index in [0.29, 0.717) is 0 Å². The van der Waals surface area contributed by atoms with Gasteiger partial charge in [-0.1, -0.05) is 24.3 Å². The standard InChI is InChI=1S/C13H18N2/c1-2-9-15-10-7-12-5-3-4-6-13(12)14-8-11-15/h2-6,14H,1,7-11H2. The Bertz CT molecular complexity index is 333. The van der Waals surface area contributed by atoms with Gasteiger partial charge in [0.2, 0.25) is 0 Å². The molecule has 0 amide bonds. The second-order valence-corrected chi connectivity index (χ2v) is 3.92. The van der Waals surface area contributed by atoms with Gasteiger partial charge in [-0.2, -0.15) is 0 Å². The topological polar surface area (TPSA) is 15.3 Å². The van der Waals surface area contributed by atoms with Gasteiger partial charge in [0.1, 0.15) is 0 Å². The average molecular weight is 202 g/mol. The summed E-state index contributed by atoms with van der Waals surface area (Å²) in [5, 5.41) is 3.48. The summed E-state index contributed by atoms with van der Waals surface area (Å²) in [7, 11) is 0. The zero-order chi connectivity index (χ0) is 10.5. The van der Waals surface area contributed by atoms with Gasteiger partial charge in [0.05, 0.1) is 0 Å². The Kier molecular flexibility index (Phi) is 3.41. The molecule has 0 spiro atoms. The highest BCUT2D eigenvalue weighted by Gasteiger charge is 2.09. The minimum atomic E-state index is 0.990. The van der Waals surface area contributed by atoms with Gasteiger partial charge in [-0.05, 0) is 18.1 Å². The summed E-state index contributed by atoms with van der Waals surface area (Å²) in [6.45, 7) is 8.03. The van der Waals surface area contributed by atoms with Gasteiger partial charge < -0.3 is 5.32 Å². The minimum Gasteiger partial charge on any atom is -0.384 e. The lowest BCUT2D eigenvalue weighted by atomic mass is 10.1. The molecule has 1 heterocycles. The van der Waals surface area contributed by atoms with Crippen molar-refractivity contribution in [3.63, 3.8) is 0 Å². The molecule has 15 heavy (non-hydrogen) atoms. The number of nitrogens with zero attached hydrogens (tertiary/aromatic N) is 1. The average Bonchev–Trinajstić information content (AvgIpc) is 2.23. The molecule has 2 rings (SSSR count). The quantitative estimate of drug-likeness (QED) is 0.739. The van der Waals surface area contributed by atoms with E-state index in [1.807, 2.05) is 6.08 Å². The van der Waals surface area contributed by atoms with Crippen LogP contribution in [0.1, 0.15) is 5.56 Å². The monoisotopic (exact) mass is 202 g/mol. The third-order valence-corrected chi connectivity index (χ3v) is 2.85. The van der Waals surface area contributed by atoms with Crippen molar-refractivity contribution >= 4 is 5.69 Å². The Labute approximate surface area is 91.6 Å². The Morgan fingerprint density at radius 2 is 2.20 bits per heavy atom. The predicted octanol–water partition coefficient (Wildman–Crippen LogP) is 2.14. The Morgan fingerprint density at radius 3 is 3.07 bits per heavy atom. The minimum absolute atomic E-state index is 0.990. The maximum atomic E-state index is 3.79. The molecular formula is C13H18N2. The first-order chi connectivity index (χ1) is 7.40. The summed E-state index contributed by atoms with van der Waals surface area (Å²) in [5.41, 5.74) is 2.72. The molecule has 0 aliphatic carbocycles. The van der Waals surface area contributed by atoms with E-state index in [1.54, 1.807) is 0 Å². The SMILES string of the molecule is C=CCN1CCNc2ccccc2CC1. The largest absolute Gasteiger partial charge is 0.384 e. The predicted molar refractivity (Wildman–Crippen MR) is 65.3 cm³/mol. The molecule has 1 aliphatic heterocycles. The molecule has 2 nitrogen and oxygen atoms in total. The van der Waals surface area contributed by atoms with Crippen LogP contribution in [0.4, 0.5) is 5.69 Å². The van der Waals surface area contributed by atoms with Crippen LogP contribution in [0.15, 0.2) is 36.9 Å². The van der Waals surface area contributed by atoms with Crippen molar-refractivity contribution in [1.82, 2.24) is 4.90 Å². The lowest BCUT2D eigenvalue weighted by Crippen LogP contribution is -2.33. The van der Waals surface area contributed by atoms with Crippen LogP contribution < -0.4 is 5.32 Å². The summed E-state index contributed by atoms with van der Waals surface area (Å²) in [5.74, 6) is 0. The van der Waals surface area contributed by atoms with Gasteiger partial charge in [-0.3, -0.25) is 4.90 Å². The molecule has 1 N–H and O–H groups in total. The van der Waals surface area contributed by atoms with Gasteiger partial charge in [0.25, 0.3) is 0 Å². The number of rotatable bonds is 2. The van der Waals surface area contributed by atoms with Crippen LogP contribution in [0.3, 0.4) is 0 Å². The van der Waals surface area contributed by atoms with Crippen molar-refractivity contribution in [2.24, 2.45) is 0 Å². The van der Waals surface area contributed by atoms with Gasteiger partial charge in [-0.15, -0.1) is 6.58 Å². The Balaban J connectivity index is 2.07. The first-order valence-corrected chi connectivity index (χ1v) is 5.55.